The molecule has 0 bridgehead atoms. The molecule has 0 radical (unpaired) electrons. The van der Waals surface area contributed by atoms with Crippen LogP contribution in [0.1, 0.15) is 29.0 Å². The van der Waals surface area contributed by atoms with Gasteiger partial charge in [-0.1, -0.05) is 0 Å². The van der Waals surface area contributed by atoms with Crippen molar-refractivity contribution < 1.29 is 4.79 Å². The number of amides is 1. The molecule has 116 valence electrons. The standard InChI is InChI=1S/C15H15N7O/c16-8-11-3-4-19-15(21-11)22-7-1-2-12(10-22)20-14(23)13-9-17-5-6-18-13/h3-6,9,12H,1-2,7,10H2,(H,20,23). The number of nitrogens with one attached hydrogen (secondary N) is 1. The quantitative estimate of drug-likeness (QED) is 0.881. The summed E-state index contributed by atoms with van der Waals surface area (Å²) in [6.45, 7) is 1.40. The predicted molar refractivity (Wildman–Crippen MR) is 81.5 cm³/mol. The lowest BCUT2D eigenvalue weighted by atomic mass is 10.1. The van der Waals surface area contributed by atoms with Gasteiger partial charge in [0, 0.05) is 37.7 Å². The number of carbonyl (C=O) groups is 1. The smallest absolute Gasteiger partial charge is 0.271 e. The molecule has 23 heavy (non-hydrogen) atoms. The van der Waals surface area contributed by atoms with Crippen LogP contribution in [0.25, 0.3) is 0 Å². The summed E-state index contributed by atoms with van der Waals surface area (Å²) in [6, 6.07) is 3.56. The van der Waals surface area contributed by atoms with E-state index in [-0.39, 0.29) is 11.9 Å². The minimum absolute atomic E-state index is 0.0207. The molecule has 1 saturated heterocycles. The molecular weight excluding hydrogens is 294 g/mol. The summed E-state index contributed by atoms with van der Waals surface area (Å²) < 4.78 is 0. The van der Waals surface area contributed by atoms with Gasteiger partial charge in [-0.2, -0.15) is 5.26 Å². The molecule has 1 amide bonds. The first kappa shape index (κ1) is 14.8. The molecule has 0 aliphatic carbocycles. The summed E-state index contributed by atoms with van der Waals surface area (Å²) >= 11 is 0. The molecule has 1 fully saturated rings. The van der Waals surface area contributed by atoms with Gasteiger partial charge in [-0.25, -0.2) is 15.0 Å². The maximum Gasteiger partial charge on any atom is 0.271 e. The number of nitrogens with zero attached hydrogens (tertiary/aromatic N) is 6. The molecule has 8 heteroatoms. The zero-order chi connectivity index (χ0) is 16.1. The topological polar surface area (TPSA) is 108 Å². The van der Waals surface area contributed by atoms with Crippen molar-refractivity contribution in [1.82, 2.24) is 25.3 Å². The largest absolute Gasteiger partial charge is 0.346 e. The number of carbonyl (C=O) groups excluding carboxylic acids is 1. The average molecular weight is 309 g/mol. The lowest BCUT2D eigenvalue weighted by Gasteiger charge is -2.33. The van der Waals surface area contributed by atoms with Gasteiger partial charge in [0.25, 0.3) is 5.91 Å². The third-order valence-corrected chi connectivity index (χ3v) is 3.59. The van der Waals surface area contributed by atoms with Crippen molar-refractivity contribution in [3.05, 3.63) is 42.2 Å². The fraction of sp³-hybridized carbons (Fsp3) is 0.333. The Morgan fingerprint density at radius 2 is 2.26 bits per heavy atom. The summed E-state index contributed by atoms with van der Waals surface area (Å²) in [5.74, 6) is 0.277. The summed E-state index contributed by atoms with van der Waals surface area (Å²) in [7, 11) is 0. The first-order valence-corrected chi connectivity index (χ1v) is 7.31. The molecule has 0 aromatic carbocycles. The molecule has 1 unspecified atom stereocenters. The second-order valence-corrected chi connectivity index (χ2v) is 5.20. The van der Waals surface area contributed by atoms with Crippen molar-refractivity contribution in [2.24, 2.45) is 0 Å². The number of aromatic nitrogens is 4. The monoisotopic (exact) mass is 309 g/mol. The number of hydrogen-bond donors (Lipinski definition) is 1. The van der Waals surface area contributed by atoms with Crippen LogP contribution >= 0.6 is 0 Å². The van der Waals surface area contributed by atoms with E-state index in [1.165, 1.54) is 18.6 Å². The van der Waals surface area contributed by atoms with E-state index < -0.39 is 0 Å². The van der Waals surface area contributed by atoms with Crippen LogP contribution in [0.15, 0.2) is 30.9 Å². The van der Waals surface area contributed by atoms with E-state index >= 15 is 0 Å². The van der Waals surface area contributed by atoms with Gasteiger partial charge < -0.3 is 10.2 Å². The van der Waals surface area contributed by atoms with Gasteiger partial charge >= 0.3 is 0 Å². The maximum absolute atomic E-state index is 12.2. The van der Waals surface area contributed by atoms with E-state index in [9.17, 15) is 4.79 Å². The number of nitriles is 1. The number of rotatable bonds is 3. The summed E-state index contributed by atoms with van der Waals surface area (Å²) in [5, 5.41) is 11.9. The van der Waals surface area contributed by atoms with Crippen molar-refractivity contribution in [2.45, 2.75) is 18.9 Å². The minimum Gasteiger partial charge on any atom is -0.346 e. The normalized spacial score (nSPS) is 17.3. The molecule has 1 N–H and O–H groups in total. The fourth-order valence-electron chi connectivity index (χ4n) is 2.52. The molecule has 0 saturated carbocycles. The van der Waals surface area contributed by atoms with Gasteiger partial charge in [0.15, 0.2) is 0 Å². The Hall–Kier alpha value is -3.08. The molecular formula is C15H15N7O. The average Bonchev–Trinajstić information content (AvgIpc) is 2.63. The van der Waals surface area contributed by atoms with Crippen LogP contribution in [0.3, 0.4) is 0 Å². The van der Waals surface area contributed by atoms with Crippen molar-refractivity contribution in [2.75, 3.05) is 18.0 Å². The van der Waals surface area contributed by atoms with Crippen molar-refractivity contribution in [3.63, 3.8) is 0 Å². The van der Waals surface area contributed by atoms with Crippen LogP contribution in [0.5, 0.6) is 0 Å². The molecule has 3 heterocycles. The van der Waals surface area contributed by atoms with Gasteiger partial charge in [0.1, 0.15) is 17.5 Å². The Balaban J connectivity index is 1.66. The highest BCUT2D eigenvalue weighted by molar-refractivity contribution is 5.92. The predicted octanol–water partition coefficient (Wildman–Crippen LogP) is 0.537. The highest BCUT2D eigenvalue weighted by atomic mass is 16.2. The zero-order valence-electron chi connectivity index (χ0n) is 12.4. The molecule has 8 nitrogen and oxygen atoms in total. The van der Waals surface area contributed by atoms with E-state index in [0.29, 0.717) is 23.9 Å². The van der Waals surface area contributed by atoms with E-state index in [2.05, 4.69) is 25.3 Å². The van der Waals surface area contributed by atoms with E-state index in [1.54, 1.807) is 12.3 Å². The molecule has 0 spiro atoms. The summed E-state index contributed by atoms with van der Waals surface area (Å²) in [5.41, 5.74) is 0.632. The fourth-order valence-corrected chi connectivity index (χ4v) is 2.52. The van der Waals surface area contributed by atoms with E-state index in [0.717, 1.165) is 19.4 Å². The van der Waals surface area contributed by atoms with E-state index in [1.807, 2.05) is 11.0 Å². The lowest BCUT2D eigenvalue weighted by Crippen LogP contribution is -2.48. The third kappa shape index (κ3) is 3.58. The van der Waals surface area contributed by atoms with Crippen molar-refractivity contribution >= 4 is 11.9 Å². The number of anilines is 1. The molecule has 1 aliphatic rings. The molecule has 2 aromatic heterocycles. The van der Waals surface area contributed by atoms with Crippen LogP contribution in [0, 0.1) is 11.3 Å². The maximum atomic E-state index is 12.2. The second-order valence-electron chi connectivity index (χ2n) is 5.20. The summed E-state index contributed by atoms with van der Waals surface area (Å²) in [6.07, 6.45) is 7.81. The van der Waals surface area contributed by atoms with Crippen LogP contribution in [-0.4, -0.2) is 45.0 Å². The van der Waals surface area contributed by atoms with Crippen LogP contribution in [0.2, 0.25) is 0 Å². The van der Waals surface area contributed by atoms with Gasteiger partial charge in [0.05, 0.1) is 6.20 Å². The van der Waals surface area contributed by atoms with Crippen molar-refractivity contribution in [1.29, 1.82) is 5.26 Å². The number of hydrogen-bond acceptors (Lipinski definition) is 7. The highest BCUT2D eigenvalue weighted by Crippen LogP contribution is 2.16. The summed E-state index contributed by atoms with van der Waals surface area (Å²) in [4.78, 5) is 30.4. The Morgan fingerprint density at radius 1 is 1.35 bits per heavy atom. The first-order valence-electron chi connectivity index (χ1n) is 7.31. The van der Waals surface area contributed by atoms with Crippen LogP contribution < -0.4 is 10.2 Å². The van der Waals surface area contributed by atoms with Gasteiger partial charge in [0.2, 0.25) is 5.95 Å². The Labute approximate surface area is 133 Å². The third-order valence-electron chi connectivity index (χ3n) is 3.59. The van der Waals surface area contributed by atoms with Gasteiger partial charge in [-0.3, -0.25) is 9.78 Å². The molecule has 1 atom stereocenters. The first-order chi connectivity index (χ1) is 11.3. The number of piperidine rings is 1. The molecule has 1 aliphatic heterocycles. The Bertz CT molecular complexity index is 728. The molecule has 2 aromatic rings. The Kier molecular flexibility index (Phi) is 4.38. The minimum atomic E-state index is -0.239. The van der Waals surface area contributed by atoms with E-state index in [4.69, 9.17) is 5.26 Å². The zero-order valence-corrected chi connectivity index (χ0v) is 12.4. The van der Waals surface area contributed by atoms with Crippen LogP contribution in [0.4, 0.5) is 5.95 Å². The van der Waals surface area contributed by atoms with Crippen molar-refractivity contribution in [3.8, 4) is 6.07 Å². The molecule has 3 rings (SSSR count). The second kappa shape index (κ2) is 6.79. The van der Waals surface area contributed by atoms with Crippen LogP contribution in [-0.2, 0) is 0 Å². The highest BCUT2D eigenvalue weighted by Gasteiger charge is 2.24. The SMILES string of the molecule is N#Cc1ccnc(N2CCCC(NC(=O)c3cnccn3)C2)n1. The van der Waals surface area contributed by atoms with Gasteiger partial charge in [-0.15, -0.1) is 0 Å². The Morgan fingerprint density at radius 3 is 3.04 bits per heavy atom. The lowest BCUT2D eigenvalue weighted by molar-refractivity contribution is 0.0927. The van der Waals surface area contributed by atoms with Gasteiger partial charge in [-0.05, 0) is 18.9 Å².